The van der Waals surface area contributed by atoms with Gasteiger partial charge in [-0.2, -0.15) is 0 Å². The number of ether oxygens (including phenoxy) is 2. The van der Waals surface area contributed by atoms with Gasteiger partial charge in [0.05, 0.1) is 18.1 Å². The molecular weight excluding hydrogens is 300 g/mol. The van der Waals surface area contributed by atoms with E-state index < -0.39 is 0 Å². The fraction of sp³-hybridized carbons (Fsp3) is 0.0500. The lowest BCUT2D eigenvalue weighted by molar-refractivity contribution is 0.413. The molecule has 4 nitrogen and oxygen atoms in total. The molecule has 4 rings (SSSR count). The third-order valence-corrected chi connectivity index (χ3v) is 3.79. The standard InChI is InChI=1S/C20H16N2O2/c1-23-15-9-11-16(12-10-15)24-17-6-4-5-14(13-17)20-21-18-7-2-3-8-19(18)22-20/h2-13H,1H3,(H,21,22). The van der Waals surface area contributed by atoms with E-state index in [0.717, 1.165) is 39.7 Å². The largest absolute Gasteiger partial charge is 0.497 e. The van der Waals surface area contributed by atoms with Crippen molar-refractivity contribution in [3.63, 3.8) is 0 Å². The summed E-state index contributed by atoms with van der Waals surface area (Å²) in [5.41, 5.74) is 2.96. The zero-order valence-electron chi connectivity index (χ0n) is 13.2. The number of fused-ring (bicyclic) bond motifs is 1. The molecule has 1 N–H and O–H groups in total. The monoisotopic (exact) mass is 316 g/mol. The topological polar surface area (TPSA) is 47.1 Å². The number of H-pyrrole nitrogens is 1. The van der Waals surface area contributed by atoms with Crippen LogP contribution < -0.4 is 9.47 Å². The highest BCUT2D eigenvalue weighted by Gasteiger charge is 2.06. The molecule has 0 bridgehead atoms. The predicted octanol–water partition coefficient (Wildman–Crippen LogP) is 5.03. The number of hydrogen-bond donors (Lipinski definition) is 1. The summed E-state index contributed by atoms with van der Waals surface area (Å²) in [6, 6.07) is 23.4. The Morgan fingerprint density at radius 2 is 1.58 bits per heavy atom. The molecular formula is C20H16N2O2. The average molecular weight is 316 g/mol. The first-order chi connectivity index (χ1) is 11.8. The molecule has 0 aliphatic rings. The van der Waals surface area contributed by atoms with Gasteiger partial charge < -0.3 is 14.5 Å². The van der Waals surface area contributed by atoms with E-state index in [0.29, 0.717) is 0 Å². The van der Waals surface area contributed by atoms with Crippen LogP contribution in [-0.4, -0.2) is 17.1 Å². The van der Waals surface area contributed by atoms with Crippen LogP contribution >= 0.6 is 0 Å². The Hall–Kier alpha value is -3.27. The Morgan fingerprint density at radius 1 is 0.792 bits per heavy atom. The minimum atomic E-state index is 0.762. The number of benzene rings is 3. The molecule has 0 radical (unpaired) electrons. The highest BCUT2D eigenvalue weighted by molar-refractivity contribution is 5.79. The Bertz CT molecular complexity index is 941. The molecule has 0 saturated heterocycles. The summed E-state index contributed by atoms with van der Waals surface area (Å²) < 4.78 is 11.1. The second-order valence-electron chi connectivity index (χ2n) is 5.41. The fourth-order valence-electron chi connectivity index (χ4n) is 2.58. The second-order valence-corrected chi connectivity index (χ2v) is 5.41. The van der Waals surface area contributed by atoms with E-state index in [1.165, 1.54) is 0 Å². The molecule has 0 aliphatic heterocycles. The van der Waals surface area contributed by atoms with Crippen molar-refractivity contribution in [2.75, 3.05) is 7.11 Å². The van der Waals surface area contributed by atoms with Crippen LogP contribution in [0.3, 0.4) is 0 Å². The lowest BCUT2D eigenvalue weighted by Gasteiger charge is -2.07. The van der Waals surface area contributed by atoms with Crippen LogP contribution in [0.15, 0.2) is 72.8 Å². The number of para-hydroxylation sites is 2. The number of rotatable bonds is 4. The number of nitrogens with zero attached hydrogens (tertiary/aromatic N) is 1. The number of aromatic nitrogens is 2. The van der Waals surface area contributed by atoms with E-state index in [9.17, 15) is 0 Å². The number of methoxy groups -OCH3 is 1. The maximum absolute atomic E-state index is 5.92. The van der Waals surface area contributed by atoms with Gasteiger partial charge in [-0.25, -0.2) is 4.98 Å². The molecule has 4 aromatic rings. The third-order valence-electron chi connectivity index (χ3n) is 3.79. The number of imidazole rings is 1. The molecule has 0 spiro atoms. The van der Waals surface area contributed by atoms with E-state index in [1.54, 1.807) is 7.11 Å². The first kappa shape index (κ1) is 14.3. The summed E-state index contributed by atoms with van der Waals surface area (Å²) >= 11 is 0. The fourth-order valence-corrected chi connectivity index (χ4v) is 2.58. The van der Waals surface area contributed by atoms with Gasteiger partial charge in [0.1, 0.15) is 23.1 Å². The van der Waals surface area contributed by atoms with Crippen LogP contribution in [0.1, 0.15) is 0 Å². The average Bonchev–Trinajstić information content (AvgIpc) is 3.07. The van der Waals surface area contributed by atoms with Crippen molar-refractivity contribution in [2.24, 2.45) is 0 Å². The highest BCUT2D eigenvalue weighted by atomic mass is 16.5. The van der Waals surface area contributed by atoms with E-state index in [4.69, 9.17) is 9.47 Å². The van der Waals surface area contributed by atoms with Crippen molar-refractivity contribution in [3.8, 4) is 28.6 Å². The van der Waals surface area contributed by atoms with Gasteiger partial charge in [-0.15, -0.1) is 0 Å². The maximum Gasteiger partial charge on any atom is 0.138 e. The van der Waals surface area contributed by atoms with Crippen molar-refractivity contribution >= 4 is 11.0 Å². The summed E-state index contributed by atoms with van der Waals surface area (Å²) in [7, 11) is 1.65. The molecule has 118 valence electrons. The molecule has 4 heteroatoms. The van der Waals surface area contributed by atoms with Crippen molar-refractivity contribution in [3.05, 3.63) is 72.8 Å². The molecule has 1 aromatic heterocycles. The van der Waals surface area contributed by atoms with Gasteiger partial charge in [0.2, 0.25) is 0 Å². The van der Waals surface area contributed by atoms with E-state index in [-0.39, 0.29) is 0 Å². The van der Waals surface area contributed by atoms with Crippen LogP contribution in [-0.2, 0) is 0 Å². The molecule has 0 amide bonds. The Kier molecular flexibility index (Phi) is 3.63. The minimum Gasteiger partial charge on any atom is -0.497 e. The molecule has 0 fully saturated rings. The number of hydrogen-bond acceptors (Lipinski definition) is 3. The van der Waals surface area contributed by atoms with Crippen LogP contribution in [0.25, 0.3) is 22.4 Å². The van der Waals surface area contributed by atoms with E-state index in [2.05, 4.69) is 9.97 Å². The quantitative estimate of drug-likeness (QED) is 0.574. The molecule has 0 unspecified atom stereocenters. The summed E-state index contributed by atoms with van der Waals surface area (Å²) in [6.07, 6.45) is 0. The normalized spacial score (nSPS) is 10.7. The molecule has 0 aliphatic carbocycles. The molecule has 24 heavy (non-hydrogen) atoms. The predicted molar refractivity (Wildman–Crippen MR) is 94.6 cm³/mol. The molecule has 1 heterocycles. The van der Waals surface area contributed by atoms with Crippen LogP contribution in [0.2, 0.25) is 0 Å². The number of nitrogens with one attached hydrogen (secondary N) is 1. The Labute approximate surface area is 139 Å². The lowest BCUT2D eigenvalue weighted by atomic mass is 10.2. The SMILES string of the molecule is COc1ccc(Oc2cccc(-c3nc4ccccc4[nH]3)c2)cc1. The smallest absolute Gasteiger partial charge is 0.138 e. The zero-order valence-corrected chi connectivity index (χ0v) is 13.2. The first-order valence-corrected chi connectivity index (χ1v) is 7.69. The summed E-state index contributed by atoms with van der Waals surface area (Å²) in [5.74, 6) is 3.16. The summed E-state index contributed by atoms with van der Waals surface area (Å²) in [6.45, 7) is 0. The molecule has 0 saturated carbocycles. The van der Waals surface area contributed by atoms with Crippen LogP contribution in [0, 0.1) is 0 Å². The third kappa shape index (κ3) is 2.82. The van der Waals surface area contributed by atoms with Gasteiger partial charge in [0, 0.05) is 5.56 Å². The summed E-state index contributed by atoms with van der Waals surface area (Å²) in [5, 5.41) is 0. The summed E-state index contributed by atoms with van der Waals surface area (Å²) in [4.78, 5) is 7.96. The van der Waals surface area contributed by atoms with Crippen molar-refractivity contribution in [1.82, 2.24) is 9.97 Å². The van der Waals surface area contributed by atoms with Crippen molar-refractivity contribution in [2.45, 2.75) is 0 Å². The lowest BCUT2D eigenvalue weighted by Crippen LogP contribution is -1.87. The van der Waals surface area contributed by atoms with Gasteiger partial charge in [-0.1, -0.05) is 24.3 Å². The van der Waals surface area contributed by atoms with Crippen molar-refractivity contribution in [1.29, 1.82) is 0 Å². The van der Waals surface area contributed by atoms with Gasteiger partial charge in [0.15, 0.2) is 0 Å². The van der Waals surface area contributed by atoms with E-state index >= 15 is 0 Å². The highest BCUT2D eigenvalue weighted by Crippen LogP contribution is 2.28. The second kappa shape index (κ2) is 6.08. The Balaban J connectivity index is 1.62. The van der Waals surface area contributed by atoms with Gasteiger partial charge in [-0.3, -0.25) is 0 Å². The van der Waals surface area contributed by atoms with Gasteiger partial charge in [-0.05, 0) is 48.5 Å². The van der Waals surface area contributed by atoms with Crippen LogP contribution in [0.5, 0.6) is 17.2 Å². The van der Waals surface area contributed by atoms with Gasteiger partial charge >= 0.3 is 0 Å². The minimum absolute atomic E-state index is 0.762. The maximum atomic E-state index is 5.92. The molecule has 3 aromatic carbocycles. The van der Waals surface area contributed by atoms with Gasteiger partial charge in [0.25, 0.3) is 0 Å². The Morgan fingerprint density at radius 3 is 2.38 bits per heavy atom. The molecule has 0 atom stereocenters. The van der Waals surface area contributed by atoms with Crippen LogP contribution in [0.4, 0.5) is 0 Å². The number of aromatic amines is 1. The van der Waals surface area contributed by atoms with Crippen molar-refractivity contribution < 1.29 is 9.47 Å². The zero-order chi connectivity index (χ0) is 16.4. The first-order valence-electron chi connectivity index (χ1n) is 7.69. The van der Waals surface area contributed by atoms with E-state index in [1.807, 2.05) is 72.8 Å².